The van der Waals surface area contributed by atoms with E-state index in [1.165, 1.54) is 6.42 Å². The van der Waals surface area contributed by atoms with Gasteiger partial charge in [0.05, 0.1) is 12.9 Å². The van der Waals surface area contributed by atoms with E-state index in [1.807, 2.05) is 17.4 Å². The Morgan fingerprint density at radius 1 is 1.21 bits per heavy atom. The molecular formula is C14H24N4O. The van der Waals surface area contributed by atoms with Crippen molar-refractivity contribution in [3.05, 3.63) is 18.7 Å². The van der Waals surface area contributed by atoms with Crippen LogP contribution in [-0.2, 0) is 11.3 Å². The van der Waals surface area contributed by atoms with Crippen LogP contribution in [0.1, 0.15) is 32.1 Å². The molecule has 1 fully saturated rings. The Morgan fingerprint density at radius 2 is 2.05 bits per heavy atom. The van der Waals surface area contributed by atoms with Crippen LogP contribution in [0.3, 0.4) is 0 Å². The maximum Gasteiger partial charge on any atom is 0.236 e. The maximum absolute atomic E-state index is 11.9. The van der Waals surface area contributed by atoms with Crippen LogP contribution in [0.5, 0.6) is 0 Å². The molecule has 1 aromatic heterocycles. The van der Waals surface area contributed by atoms with Gasteiger partial charge in [-0.05, 0) is 38.6 Å². The van der Waals surface area contributed by atoms with Crippen molar-refractivity contribution in [1.82, 2.24) is 19.8 Å². The minimum Gasteiger partial charge on any atom is -0.342 e. The van der Waals surface area contributed by atoms with Crippen molar-refractivity contribution in [2.24, 2.45) is 0 Å². The zero-order valence-electron chi connectivity index (χ0n) is 11.6. The number of unbranched alkanes of at least 4 members (excludes halogenated alkanes) is 1. The molecule has 0 aliphatic carbocycles. The van der Waals surface area contributed by atoms with E-state index >= 15 is 0 Å². The Morgan fingerprint density at radius 3 is 2.79 bits per heavy atom. The number of imidazole rings is 1. The molecule has 1 aliphatic rings. The molecule has 1 aliphatic heterocycles. The highest BCUT2D eigenvalue weighted by Crippen LogP contribution is 2.08. The van der Waals surface area contributed by atoms with Crippen molar-refractivity contribution in [3.8, 4) is 0 Å². The lowest BCUT2D eigenvalue weighted by Crippen LogP contribution is -2.41. The first kappa shape index (κ1) is 14.1. The van der Waals surface area contributed by atoms with Gasteiger partial charge in [-0.1, -0.05) is 0 Å². The molecule has 0 saturated carbocycles. The first-order valence-electron chi connectivity index (χ1n) is 7.30. The number of carbonyl (C=O) groups is 1. The quantitative estimate of drug-likeness (QED) is 0.754. The SMILES string of the molecule is O=C(CNCCCCn1ccnc1)N1CCCCC1. The number of carbonyl (C=O) groups excluding carboxylic acids is 1. The summed E-state index contributed by atoms with van der Waals surface area (Å²) in [6.07, 6.45) is 11.4. The zero-order chi connectivity index (χ0) is 13.3. The predicted octanol–water partition coefficient (Wildman–Crippen LogP) is 1.27. The van der Waals surface area contributed by atoms with Crippen molar-refractivity contribution in [3.63, 3.8) is 0 Å². The molecule has 0 aromatic carbocycles. The number of amides is 1. The highest BCUT2D eigenvalue weighted by Gasteiger charge is 2.15. The van der Waals surface area contributed by atoms with Crippen molar-refractivity contribution in [2.75, 3.05) is 26.2 Å². The van der Waals surface area contributed by atoms with Gasteiger partial charge in [-0.25, -0.2) is 4.98 Å². The second-order valence-corrected chi connectivity index (χ2v) is 5.13. The molecule has 1 N–H and O–H groups in total. The van der Waals surface area contributed by atoms with Gasteiger partial charge in [0, 0.05) is 32.0 Å². The fourth-order valence-electron chi connectivity index (χ4n) is 2.41. The molecule has 1 amide bonds. The minimum absolute atomic E-state index is 0.259. The molecule has 5 heteroatoms. The lowest BCUT2D eigenvalue weighted by atomic mass is 10.1. The Labute approximate surface area is 115 Å². The summed E-state index contributed by atoms with van der Waals surface area (Å²) in [7, 11) is 0. The average Bonchev–Trinajstić information content (AvgIpc) is 2.96. The van der Waals surface area contributed by atoms with Gasteiger partial charge in [-0.15, -0.1) is 0 Å². The summed E-state index contributed by atoms with van der Waals surface area (Å²) in [4.78, 5) is 17.9. The lowest BCUT2D eigenvalue weighted by Gasteiger charge is -2.26. The number of hydrogen-bond donors (Lipinski definition) is 1. The number of rotatable bonds is 7. The Bertz CT molecular complexity index is 358. The van der Waals surface area contributed by atoms with E-state index in [0.717, 1.165) is 51.9 Å². The van der Waals surface area contributed by atoms with Crippen LogP contribution >= 0.6 is 0 Å². The number of aromatic nitrogens is 2. The molecule has 0 radical (unpaired) electrons. The van der Waals surface area contributed by atoms with Gasteiger partial charge >= 0.3 is 0 Å². The van der Waals surface area contributed by atoms with Crippen LogP contribution in [0, 0.1) is 0 Å². The van der Waals surface area contributed by atoms with Crippen molar-refractivity contribution in [2.45, 2.75) is 38.6 Å². The van der Waals surface area contributed by atoms with Gasteiger partial charge in [0.25, 0.3) is 0 Å². The van der Waals surface area contributed by atoms with E-state index in [0.29, 0.717) is 6.54 Å². The number of nitrogens with zero attached hydrogens (tertiary/aromatic N) is 3. The smallest absolute Gasteiger partial charge is 0.236 e. The van der Waals surface area contributed by atoms with Crippen LogP contribution in [0.2, 0.25) is 0 Å². The second kappa shape index (κ2) is 7.94. The highest BCUT2D eigenvalue weighted by molar-refractivity contribution is 5.78. The summed E-state index contributed by atoms with van der Waals surface area (Å²) in [6, 6.07) is 0. The van der Waals surface area contributed by atoms with Crippen molar-refractivity contribution in [1.29, 1.82) is 0 Å². The number of nitrogens with one attached hydrogen (secondary N) is 1. The minimum atomic E-state index is 0.259. The van der Waals surface area contributed by atoms with Crippen molar-refractivity contribution < 1.29 is 4.79 Å². The second-order valence-electron chi connectivity index (χ2n) is 5.13. The van der Waals surface area contributed by atoms with Crippen LogP contribution in [0.4, 0.5) is 0 Å². The number of piperidine rings is 1. The summed E-state index contributed by atoms with van der Waals surface area (Å²) < 4.78 is 2.08. The third-order valence-electron chi connectivity index (χ3n) is 3.56. The monoisotopic (exact) mass is 264 g/mol. The molecule has 5 nitrogen and oxygen atoms in total. The largest absolute Gasteiger partial charge is 0.342 e. The Balaban J connectivity index is 1.48. The van der Waals surface area contributed by atoms with Gasteiger partial charge in [-0.2, -0.15) is 0 Å². The van der Waals surface area contributed by atoms with Crippen LogP contribution < -0.4 is 5.32 Å². The summed E-state index contributed by atoms with van der Waals surface area (Å²) >= 11 is 0. The molecule has 19 heavy (non-hydrogen) atoms. The first-order chi connectivity index (χ1) is 9.36. The van der Waals surface area contributed by atoms with Crippen molar-refractivity contribution >= 4 is 5.91 Å². The van der Waals surface area contributed by atoms with E-state index < -0.39 is 0 Å². The molecule has 0 atom stereocenters. The predicted molar refractivity (Wildman–Crippen MR) is 74.8 cm³/mol. The third-order valence-corrected chi connectivity index (χ3v) is 3.56. The molecule has 2 heterocycles. The number of likely N-dealkylation sites (tertiary alicyclic amines) is 1. The van der Waals surface area contributed by atoms with E-state index in [4.69, 9.17) is 0 Å². The molecule has 1 aromatic rings. The standard InChI is InChI=1S/C14H24N4O/c19-14(18-9-3-1-4-10-18)12-15-6-2-5-8-17-11-7-16-13-17/h7,11,13,15H,1-6,8-10,12H2. The molecule has 2 rings (SSSR count). The first-order valence-corrected chi connectivity index (χ1v) is 7.30. The molecule has 106 valence electrons. The fraction of sp³-hybridized carbons (Fsp3) is 0.714. The summed E-state index contributed by atoms with van der Waals surface area (Å²) in [5, 5.41) is 3.25. The van der Waals surface area contributed by atoms with Crippen LogP contribution in [0.15, 0.2) is 18.7 Å². The summed E-state index contributed by atoms with van der Waals surface area (Å²) in [6.45, 7) is 4.30. The zero-order valence-corrected chi connectivity index (χ0v) is 11.6. The molecular weight excluding hydrogens is 240 g/mol. The van der Waals surface area contributed by atoms with Gasteiger partial charge in [0.15, 0.2) is 0 Å². The third kappa shape index (κ3) is 5.03. The van der Waals surface area contributed by atoms with Crippen LogP contribution in [0.25, 0.3) is 0 Å². The molecule has 1 saturated heterocycles. The molecule has 0 bridgehead atoms. The van der Waals surface area contributed by atoms with Gasteiger partial charge < -0.3 is 14.8 Å². The maximum atomic E-state index is 11.9. The summed E-state index contributed by atoms with van der Waals surface area (Å²) in [5.74, 6) is 0.259. The number of aryl methyl sites for hydroxylation is 1. The van der Waals surface area contributed by atoms with E-state index in [-0.39, 0.29) is 5.91 Å². The molecule has 0 spiro atoms. The topological polar surface area (TPSA) is 50.2 Å². The van der Waals surface area contributed by atoms with Gasteiger partial charge in [-0.3, -0.25) is 4.79 Å². The van der Waals surface area contributed by atoms with Crippen LogP contribution in [-0.4, -0.2) is 46.5 Å². The fourth-order valence-corrected chi connectivity index (χ4v) is 2.41. The van der Waals surface area contributed by atoms with Gasteiger partial charge in [0.2, 0.25) is 5.91 Å². The van der Waals surface area contributed by atoms with E-state index in [2.05, 4.69) is 14.9 Å². The lowest BCUT2D eigenvalue weighted by molar-refractivity contribution is -0.131. The summed E-state index contributed by atoms with van der Waals surface area (Å²) in [5.41, 5.74) is 0. The Kier molecular flexibility index (Phi) is 5.88. The molecule has 0 unspecified atom stereocenters. The number of hydrogen-bond acceptors (Lipinski definition) is 3. The average molecular weight is 264 g/mol. The van der Waals surface area contributed by atoms with E-state index in [1.54, 1.807) is 6.20 Å². The van der Waals surface area contributed by atoms with Gasteiger partial charge in [0.1, 0.15) is 0 Å². The normalized spacial score (nSPS) is 15.7. The highest BCUT2D eigenvalue weighted by atomic mass is 16.2. The Hall–Kier alpha value is -1.36. The van der Waals surface area contributed by atoms with E-state index in [9.17, 15) is 4.79 Å².